The highest BCUT2D eigenvalue weighted by Crippen LogP contribution is 2.24. The lowest BCUT2D eigenvalue weighted by molar-refractivity contribution is 0.473. The predicted molar refractivity (Wildman–Crippen MR) is 134 cm³/mol. The Balaban J connectivity index is 1.75. The Kier molecular flexibility index (Phi) is 8.61. The number of hydrogen-bond donors (Lipinski definition) is 2. The maximum atomic E-state index is 10.2. The van der Waals surface area contributed by atoms with E-state index in [1.165, 1.54) is 11.1 Å². The minimum absolute atomic E-state index is 0.224. The molecule has 4 heteroatoms. The summed E-state index contributed by atoms with van der Waals surface area (Å²) < 4.78 is 0. The lowest BCUT2D eigenvalue weighted by atomic mass is 10.1. The van der Waals surface area contributed by atoms with E-state index in [0.717, 1.165) is 49.9 Å². The van der Waals surface area contributed by atoms with Crippen molar-refractivity contribution in [1.82, 2.24) is 0 Å². The Morgan fingerprint density at radius 1 is 0.656 bits per heavy atom. The van der Waals surface area contributed by atoms with Gasteiger partial charge in [-0.2, -0.15) is 0 Å². The van der Waals surface area contributed by atoms with E-state index in [1.54, 1.807) is 24.6 Å². The molecule has 3 aromatic rings. The number of aryl methyl sites for hydroxylation is 2. The highest BCUT2D eigenvalue weighted by Gasteiger charge is 2.03. The van der Waals surface area contributed by atoms with Gasteiger partial charge in [-0.15, -0.1) is 0 Å². The number of benzene rings is 3. The molecule has 0 aliphatic rings. The molecule has 0 aliphatic carbocycles. The molecule has 0 unspecified atom stereocenters. The van der Waals surface area contributed by atoms with Crippen molar-refractivity contribution in [2.75, 3.05) is 0 Å². The van der Waals surface area contributed by atoms with Gasteiger partial charge in [0, 0.05) is 23.6 Å². The van der Waals surface area contributed by atoms with Crippen LogP contribution in [0.2, 0.25) is 0 Å². The molecule has 3 rings (SSSR count). The zero-order chi connectivity index (χ0) is 22.8. The van der Waals surface area contributed by atoms with Gasteiger partial charge in [0.2, 0.25) is 0 Å². The van der Waals surface area contributed by atoms with E-state index in [4.69, 9.17) is 0 Å². The second kappa shape index (κ2) is 11.8. The second-order valence-corrected chi connectivity index (χ2v) is 8.03. The fourth-order valence-electron chi connectivity index (χ4n) is 3.43. The quantitative estimate of drug-likeness (QED) is 0.333. The average molecular weight is 429 g/mol. The lowest BCUT2D eigenvalue weighted by Gasteiger charge is -2.05. The Hall–Kier alpha value is -3.40. The maximum Gasteiger partial charge on any atom is 0.124 e. The van der Waals surface area contributed by atoms with E-state index in [9.17, 15) is 10.2 Å². The van der Waals surface area contributed by atoms with E-state index in [2.05, 4.69) is 23.8 Å². The first kappa shape index (κ1) is 23.3. The van der Waals surface area contributed by atoms with Gasteiger partial charge >= 0.3 is 0 Å². The molecule has 3 aromatic carbocycles. The SMILES string of the molecule is CCCCc1ccc(O)c(C=Nc2cccc(N=Cc3cc(CCCC)ccc3O)c2)c1. The molecule has 0 amide bonds. The highest BCUT2D eigenvalue weighted by atomic mass is 16.3. The number of unbranched alkanes of at least 4 members (excludes halogenated alkanes) is 2. The fraction of sp³-hybridized carbons (Fsp3) is 0.286. The molecule has 0 radical (unpaired) electrons. The second-order valence-electron chi connectivity index (χ2n) is 8.03. The number of rotatable bonds is 10. The van der Waals surface area contributed by atoms with Crippen LogP contribution in [0.4, 0.5) is 11.4 Å². The van der Waals surface area contributed by atoms with Crippen LogP contribution in [0, 0.1) is 0 Å². The first-order chi connectivity index (χ1) is 15.6. The van der Waals surface area contributed by atoms with Crippen LogP contribution in [0.5, 0.6) is 11.5 Å². The molecule has 0 aliphatic heterocycles. The maximum absolute atomic E-state index is 10.2. The Bertz CT molecular complexity index is 1000. The number of aromatic hydroxyl groups is 2. The summed E-state index contributed by atoms with van der Waals surface area (Å²) in [4.78, 5) is 9.06. The van der Waals surface area contributed by atoms with Crippen molar-refractivity contribution in [1.29, 1.82) is 0 Å². The summed E-state index contributed by atoms with van der Waals surface area (Å²) in [6.07, 6.45) is 9.89. The monoisotopic (exact) mass is 428 g/mol. The summed E-state index contributed by atoms with van der Waals surface area (Å²) in [6.45, 7) is 4.34. The van der Waals surface area contributed by atoms with E-state index in [0.29, 0.717) is 11.1 Å². The summed E-state index contributed by atoms with van der Waals surface area (Å²) in [5.41, 5.74) is 5.32. The summed E-state index contributed by atoms with van der Waals surface area (Å²) in [7, 11) is 0. The summed E-state index contributed by atoms with van der Waals surface area (Å²) in [5, 5.41) is 20.3. The zero-order valence-corrected chi connectivity index (χ0v) is 19.0. The molecule has 0 spiro atoms. The van der Waals surface area contributed by atoms with Crippen molar-refractivity contribution in [3.63, 3.8) is 0 Å². The molecule has 0 aromatic heterocycles. The summed E-state index contributed by atoms with van der Waals surface area (Å²) >= 11 is 0. The Labute approximate surface area is 191 Å². The van der Waals surface area contributed by atoms with Crippen molar-refractivity contribution in [3.05, 3.63) is 82.9 Å². The summed E-state index contributed by atoms with van der Waals surface area (Å²) in [6, 6.07) is 18.9. The molecule has 0 bridgehead atoms. The molecular weight excluding hydrogens is 396 g/mol. The van der Waals surface area contributed by atoms with Crippen LogP contribution in [0.1, 0.15) is 61.8 Å². The molecule has 4 nitrogen and oxygen atoms in total. The molecule has 0 atom stereocenters. The van der Waals surface area contributed by atoms with Gasteiger partial charge in [0.05, 0.1) is 11.4 Å². The minimum atomic E-state index is 0.224. The molecule has 166 valence electrons. The third-order valence-corrected chi connectivity index (χ3v) is 5.36. The first-order valence-corrected chi connectivity index (χ1v) is 11.4. The number of nitrogens with zero attached hydrogens (tertiary/aromatic N) is 2. The van der Waals surface area contributed by atoms with Crippen molar-refractivity contribution in [3.8, 4) is 11.5 Å². The molecule has 2 N–H and O–H groups in total. The molecule has 0 saturated carbocycles. The molecule has 0 fully saturated rings. The van der Waals surface area contributed by atoms with Gasteiger partial charge in [-0.3, -0.25) is 9.98 Å². The van der Waals surface area contributed by atoms with Crippen LogP contribution in [-0.4, -0.2) is 22.6 Å². The van der Waals surface area contributed by atoms with Crippen LogP contribution in [0.25, 0.3) is 0 Å². The van der Waals surface area contributed by atoms with E-state index in [-0.39, 0.29) is 11.5 Å². The molecule has 0 saturated heterocycles. The van der Waals surface area contributed by atoms with Crippen LogP contribution in [0.3, 0.4) is 0 Å². The third kappa shape index (κ3) is 6.81. The largest absolute Gasteiger partial charge is 0.507 e. The highest BCUT2D eigenvalue weighted by molar-refractivity contribution is 5.87. The number of hydrogen-bond acceptors (Lipinski definition) is 4. The van der Waals surface area contributed by atoms with Gasteiger partial charge in [-0.1, -0.05) is 44.9 Å². The van der Waals surface area contributed by atoms with Crippen molar-refractivity contribution in [2.45, 2.75) is 52.4 Å². The van der Waals surface area contributed by atoms with Crippen molar-refractivity contribution < 1.29 is 10.2 Å². The van der Waals surface area contributed by atoms with Gasteiger partial charge in [-0.05, 0) is 79.3 Å². The molecule has 0 heterocycles. The third-order valence-electron chi connectivity index (χ3n) is 5.36. The Morgan fingerprint density at radius 2 is 1.12 bits per heavy atom. The summed E-state index contributed by atoms with van der Waals surface area (Å²) in [5.74, 6) is 0.447. The smallest absolute Gasteiger partial charge is 0.124 e. The van der Waals surface area contributed by atoms with E-state index >= 15 is 0 Å². The number of phenolic OH excluding ortho intramolecular Hbond substituents is 2. The molecular formula is C28H32N2O2. The standard InChI is InChI=1S/C28H32N2O2/c1-3-5-8-21-12-14-27(31)23(16-21)19-29-25-10-7-11-26(18-25)30-20-24-17-22(9-6-4-2)13-15-28(24)32/h7,10-20,31-32H,3-6,8-9H2,1-2H3. The zero-order valence-electron chi connectivity index (χ0n) is 19.0. The minimum Gasteiger partial charge on any atom is -0.507 e. The van der Waals surface area contributed by atoms with Gasteiger partial charge in [-0.25, -0.2) is 0 Å². The van der Waals surface area contributed by atoms with Gasteiger partial charge in [0.25, 0.3) is 0 Å². The van der Waals surface area contributed by atoms with Crippen LogP contribution in [-0.2, 0) is 12.8 Å². The number of aliphatic imine (C=N–C) groups is 2. The van der Waals surface area contributed by atoms with Crippen LogP contribution < -0.4 is 0 Å². The van der Waals surface area contributed by atoms with Crippen LogP contribution >= 0.6 is 0 Å². The number of phenols is 2. The van der Waals surface area contributed by atoms with E-state index in [1.807, 2.05) is 48.5 Å². The average Bonchev–Trinajstić information content (AvgIpc) is 2.81. The van der Waals surface area contributed by atoms with Gasteiger partial charge < -0.3 is 10.2 Å². The first-order valence-electron chi connectivity index (χ1n) is 11.4. The van der Waals surface area contributed by atoms with Crippen molar-refractivity contribution in [2.24, 2.45) is 9.98 Å². The van der Waals surface area contributed by atoms with Gasteiger partial charge in [0.15, 0.2) is 0 Å². The molecule has 32 heavy (non-hydrogen) atoms. The predicted octanol–water partition coefficient (Wildman–Crippen LogP) is 7.28. The van der Waals surface area contributed by atoms with Gasteiger partial charge in [0.1, 0.15) is 11.5 Å². The van der Waals surface area contributed by atoms with E-state index < -0.39 is 0 Å². The van der Waals surface area contributed by atoms with Crippen LogP contribution in [0.15, 0.2) is 70.6 Å². The fourth-order valence-corrected chi connectivity index (χ4v) is 3.43. The normalized spacial score (nSPS) is 11.6. The topological polar surface area (TPSA) is 65.2 Å². The van der Waals surface area contributed by atoms with Crippen molar-refractivity contribution >= 4 is 23.8 Å². The Morgan fingerprint density at radius 3 is 1.56 bits per heavy atom. The lowest BCUT2D eigenvalue weighted by Crippen LogP contribution is -1.89.